The molecule has 2 N–H and O–H groups in total. The standard InChI is InChI=1S/C15H12O6/c1-6-3-4-7-9(21-6)5-8-10(11(7)16)13(18)14(19)15(20-2)12(8)17/h3-6,16-17H,1-2H3. The largest absolute Gasteiger partial charge is 0.506 e. The number of aliphatic hydroxyl groups is 1. The number of ketones is 2. The molecule has 6 nitrogen and oxygen atoms in total. The van der Waals surface area contributed by atoms with Crippen molar-refractivity contribution in [2.45, 2.75) is 13.0 Å². The van der Waals surface area contributed by atoms with Crippen molar-refractivity contribution < 1.29 is 29.3 Å². The van der Waals surface area contributed by atoms with E-state index < -0.39 is 23.1 Å². The predicted octanol–water partition coefficient (Wildman–Crippen LogP) is 1.82. The van der Waals surface area contributed by atoms with Crippen molar-refractivity contribution in [2.75, 3.05) is 7.11 Å². The van der Waals surface area contributed by atoms with Gasteiger partial charge < -0.3 is 19.7 Å². The number of ether oxygens (including phenoxy) is 2. The number of hydrogen-bond donors (Lipinski definition) is 2. The molecule has 0 bridgehead atoms. The average Bonchev–Trinajstić information content (AvgIpc) is 2.45. The average molecular weight is 288 g/mol. The number of rotatable bonds is 1. The maximum atomic E-state index is 12.1. The van der Waals surface area contributed by atoms with E-state index in [0.717, 1.165) is 0 Å². The van der Waals surface area contributed by atoms with Crippen LogP contribution in [0.25, 0.3) is 11.8 Å². The van der Waals surface area contributed by atoms with Crippen molar-refractivity contribution in [1.82, 2.24) is 0 Å². The highest BCUT2D eigenvalue weighted by molar-refractivity contribution is 6.52. The Morgan fingerprint density at radius 3 is 2.62 bits per heavy atom. The van der Waals surface area contributed by atoms with Gasteiger partial charge in [-0.2, -0.15) is 0 Å². The lowest BCUT2D eigenvalue weighted by Crippen LogP contribution is -2.26. The number of aromatic hydroxyl groups is 1. The first-order valence-corrected chi connectivity index (χ1v) is 6.27. The Bertz CT molecular complexity index is 741. The number of carbonyl (C=O) groups excluding carboxylic acids is 2. The summed E-state index contributed by atoms with van der Waals surface area (Å²) in [4.78, 5) is 24.0. The zero-order chi connectivity index (χ0) is 15.3. The number of phenolic OH excluding ortho intramolecular Hbond substituents is 1. The summed E-state index contributed by atoms with van der Waals surface area (Å²) in [6.07, 6.45) is 3.12. The third-order valence-corrected chi connectivity index (χ3v) is 3.46. The summed E-state index contributed by atoms with van der Waals surface area (Å²) in [5.74, 6) is -2.90. The molecule has 1 aliphatic heterocycles. The summed E-state index contributed by atoms with van der Waals surface area (Å²) in [6, 6.07) is 1.42. The van der Waals surface area contributed by atoms with Crippen LogP contribution in [0.5, 0.6) is 11.5 Å². The third kappa shape index (κ3) is 1.72. The van der Waals surface area contributed by atoms with Crippen molar-refractivity contribution in [2.24, 2.45) is 0 Å². The van der Waals surface area contributed by atoms with Gasteiger partial charge in [-0.05, 0) is 25.1 Å². The molecule has 1 unspecified atom stereocenters. The van der Waals surface area contributed by atoms with Crippen molar-refractivity contribution >= 4 is 23.4 Å². The Morgan fingerprint density at radius 1 is 1.24 bits per heavy atom. The minimum atomic E-state index is -0.994. The molecule has 0 spiro atoms. The zero-order valence-electron chi connectivity index (χ0n) is 11.3. The molecular formula is C15H12O6. The monoisotopic (exact) mass is 288 g/mol. The van der Waals surface area contributed by atoms with Crippen LogP contribution in [0, 0.1) is 0 Å². The van der Waals surface area contributed by atoms with Gasteiger partial charge in [-0.15, -0.1) is 0 Å². The second kappa shape index (κ2) is 4.37. The Kier molecular flexibility index (Phi) is 2.76. The van der Waals surface area contributed by atoms with Crippen molar-refractivity contribution in [3.05, 3.63) is 34.6 Å². The van der Waals surface area contributed by atoms with Gasteiger partial charge in [-0.3, -0.25) is 9.59 Å². The molecule has 0 saturated carbocycles. The van der Waals surface area contributed by atoms with Gasteiger partial charge in [-0.25, -0.2) is 0 Å². The van der Waals surface area contributed by atoms with E-state index in [1.807, 2.05) is 0 Å². The van der Waals surface area contributed by atoms with Crippen molar-refractivity contribution in [3.63, 3.8) is 0 Å². The lowest BCUT2D eigenvalue weighted by Gasteiger charge is -2.24. The van der Waals surface area contributed by atoms with Crippen LogP contribution in [0.4, 0.5) is 0 Å². The normalized spacial score (nSPS) is 20.0. The van der Waals surface area contributed by atoms with E-state index in [9.17, 15) is 19.8 Å². The minimum Gasteiger partial charge on any atom is -0.506 e. The second-order valence-corrected chi connectivity index (χ2v) is 4.78. The maximum Gasteiger partial charge on any atom is 0.272 e. The summed E-state index contributed by atoms with van der Waals surface area (Å²) in [5, 5.41) is 20.4. The minimum absolute atomic E-state index is 0.0233. The van der Waals surface area contributed by atoms with Gasteiger partial charge in [0.15, 0.2) is 5.76 Å². The number of aliphatic hydroxyl groups excluding tert-OH is 1. The highest BCUT2D eigenvalue weighted by Crippen LogP contribution is 2.42. The fourth-order valence-electron chi connectivity index (χ4n) is 2.44. The molecule has 0 radical (unpaired) electrons. The van der Waals surface area contributed by atoms with E-state index in [1.165, 1.54) is 13.2 Å². The summed E-state index contributed by atoms with van der Waals surface area (Å²) in [7, 11) is 1.18. The van der Waals surface area contributed by atoms with Crippen LogP contribution in [-0.4, -0.2) is 35.0 Å². The van der Waals surface area contributed by atoms with Crippen LogP contribution in [0.1, 0.15) is 28.4 Å². The first kappa shape index (κ1) is 13.2. The highest BCUT2D eigenvalue weighted by atomic mass is 16.5. The zero-order valence-corrected chi connectivity index (χ0v) is 11.3. The van der Waals surface area contributed by atoms with Gasteiger partial charge in [-0.1, -0.05) is 0 Å². The second-order valence-electron chi connectivity index (χ2n) is 4.78. The van der Waals surface area contributed by atoms with E-state index in [-0.39, 0.29) is 23.0 Å². The smallest absolute Gasteiger partial charge is 0.272 e. The van der Waals surface area contributed by atoms with E-state index in [2.05, 4.69) is 0 Å². The quantitative estimate of drug-likeness (QED) is 0.766. The van der Waals surface area contributed by atoms with E-state index >= 15 is 0 Å². The molecule has 108 valence electrons. The van der Waals surface area contributed by atoms with Gasteiger partial charge in [0.25, 0.3) is 5.78 Å². The summed E-state index contributed by atoms with van der Waals surface area (Å²) in [6.45, 7) is 1.81. The molecule has 3 rings (SSSR count). The number of fused-ring (bicyclic) bond motifs is 2. The van der Waals surface area contributed by atoms with Crippen LogP contribution in [0.3, 0.4) is 0 Å². The van der Waals surface area contributed by atoms with Gasteiger partial charge >= 0.3 is 0 Å². The van der Waals surface area contributed by atoms with Crippen LogP contribution in [-0.2, 0) is 9.53 Å². The molecule has 0 fully saturated rings. The third-order valence-electron chi connectivity index (χ3n) is 3.46. The SMILES string of the molecule is COC1=C(O)c2cc3c(c(O)c2C(=O)C1=O)C=CC(C)O3. The molecule has 0 saturated heterocycles. The molecule has 1 aromatic carbocycles. The number of benzene rings is 1. The summed E-state index contributed by atoms with van der Waals surface area (Å²) >= 11 is 0. The Labute approximate surface area is 119 Å². The summed E-state index contributed by atoms with van der Waals surface area (Å²) in [5.41, 5.74) is 0.0942. The Morgan fingerprint density at radius 2 is 1.95 bits per heavy atom. The van der Waals surface area contributed by atoms with E-state index in [0.29, 0.717) is 11.3 Å². The van der Waals surface area contributed by atoms with Crippen molar-refractivity contribution in [3.8, 4) is 11.5 Å². The molecule has 0 aromatic heterocycles. The topological polar surface area (TPSA) is 93.1 Å². The molecule has 1 heterocycles. The number of hydrogen-bond acceptors (Lipinski definition) is 6. The number of carbonyl (C=O) groups is 2. The van der Waals surface area contributed by atoms with Gasteiger partial charge in [0.1, 0.15) is 17.6 Å². The van der Waals surface area contributed by atoms with Crippen LogP contribution < -0.4 is 4.74 Å². The highest BCUT2D eigenvalue weighted by Gasteiger charge is 2.38. The number of methoxy groups -OCH3 is 1. The van der Waals surface area contributed by atoms with Gasteiger partial charge in [0, 0.05) is 5.56 Å². The maximum absolute atomic E-state index is 12.1. The fourth-order valence-corrected chi connectivity index (χ4v) is 2.44. The summed E-state index contributed by atoms with van der Waals surface area (Å²) < 4.78 is 10.3. The van der Waals surface area contributed by atoms with Crippen LogP contribution in [0.15, 0.2) is 17.9 Å². The van der Waals surface area contributed by atoms with E-state index in [1.54, 1.807) is 19.1 Å². The van der Waals surface area contributed by atoms with Gasteiger partial charge in [0.2, 0.25) is 11.5 Å². The molecular weight excluding hydrogens is 276 g/mol. The number of Topliss-reactive ketones (excluding diaryl/α,β-unsaturated/α-hetero) is 2. The predicted molar refractivity (Wildman–Crippen MR) is 73.1 cm³/mol. The molecule has 2 aliphatic rings. The molecule has 0 amide bonds. The lowest BCUT2D eigenvalue weighted by molar-refractivity contribution is -0.114. The first-order valence-electron chi connectivity index (χ1n) is 6.27. The molecule has 6 heteroatoms. The van der Waals surface area contributed by atoms with E-state index in [4.69, 9.17) is 9.47 Å². The van der Waals surface area contributed by atoms with Crippen molar-refractivity contribution in [1.29, 1.82) is 0 Å². The first-order chi connectivity index (χ1) is 9.95. The van der Waals surface area contributed by atoms with Gasteiger partial charge in [0.05, 0.1) is 18.2 Å². The van der Waals surface area contributed by atoms with Crippen LogP contribution in [0.2, 0.25) is 0 Å². The molecule has 21 heavy (non-hydrogen) atoms. The molecule has 1 aromatic rings. The Balaban J connectivity index is 2.33. The van der Waals surface area contributed by atoms with Crippen LogP contribution >= 0.6 is 0 Å². The lowest BCUT2D eigenvalue weighted by atomic mass is 9.88. The number of allylic oxidation sites excluding steroid dienone is 1. The molecule has 1 atom stereocenters. The number of phenols is 1. The fraction of sp³-hybridized carbons (Fsp3) is 0.200. The molecule has 1 aliphatic carbocycles. The Hall–Kier alpha value is -2.76.